The normalized spacial score (nSPS) is 11.3. The smallest absolute Gasteiger partial charge is 0.191 e. The highest BCUT2D eigenvalue weighted by Gasteiger charge is 2.06. The molecule has 4 rings (SSSR count). The van der Waals surface area contributed by atoms with E-state index < -0.39 is 0 Å². The number of benzene rings is 2. The largest absolute Gasteiger partial charge is 0.497 e. The number of ether oxygens (including phenoxy) is 1. The van der Waals surface area contributed by atoms with Crippen molar-refractivity contribution < 1.29 is 9.13 Å². The monoisotopic (exact) mass is 548 g/mol. The van der Waals surface area contributed by atoms with E-state index in [1.54, 1.807) is 14.2 Å². The van der Waals surface area contributed by atoms with Gasteiger partial charge in [-0.25, -0.2) is 9.07 Å². The van der Waals surface area contributed by atoms with Crippen LogP contribution in [0.25, 0.3) is 16.6 Å². The van der Waals surface area contributed by atoms with Crippen molar-refractivity contribution in [1.29, 1.82) is 0 Å². The van der Waals surface area contributed by atoms with E-state index in [1.165, 1.54) is 12.1 Å². The van der Waals surface area contributed by atoms with Crippen LogP contribution in [-0.4, -0.2) is 41.4 Å². The highest BCUT2D eigenvalue weighted by Crippen LogP contribution is 2.19. The van der Waals surface area contributed by atoms with E-state index in [2.05, 4.69) is 25.7 Å². The van der Waals surface area contributed by atoms with Gasteiger partial charge in [-0.2, -0.15) is 5.10 Å². The first-order chi connectivity index (χ1) is 15.2. The molecule has 2 heterocycles. The molecule has 0 aliphatic rings. The average Bonchev–Trinajstić information content (AvgIpc) is 3.43. The molecule has 0 aliphatic heterocycles. The van der Waals surface area contributed by atoms with Gasteiger partial charge in [-0.3, -0.25) is 4.99 Å². The predicted octanol–water partition coefficient (Wildman–Crippen LogP) is 4.03. The number of nitrogens with one attached hydrogen (secondary N) is 3. The molecular weight excluding hydrogens is 522 g/mol. The molecular formula is C23H26FIN6O. The Morgan fingerprint density at radius 2 is 1.97 bits per heavy atom. The summed E-state index contributed by atoms with van der Waals surface area (Å²) in [6.07, 6.45) is 4.64. The van der Waals surface area contributed by atoms with Gasteiger partial charge in [0.05, 0.1) is 25.0 Å². The van der Waals surface area contributed by atoms with Crippen LogP contribution in [0.3, 0.4) is 0 Å². The van der Waals surface area contributed by atoms with Crippen molar-refractivity contribution in [3.8, 4) is 11.4 Å². The molecule has 32 heavy (non-hydrogen) atoms. The first-order valence-electron chi connectivity index (χ1n) is 10.1. The van der Waals surface area contributed by atoms with E-state index in [9.17, 15) is 4.39 Å². The Labute approximate surface area is 203 Å². The summed E-state index contributed by atoms with van der Waals surface area (Å²) in [6.45, 7) is 1.25. The van der Waals surface area contributed by atoms with Gasteiger partial charge in [-0.15, -0.1) is 24.0 Å². The zero-order valence-electron chi connectivity index (χ0n) is 17.9. The Morgan fingerprint density at radius 3 is 2.72 bits per heavy atom. The second kappa shape index (κ2) is 11.0. The SMILES string of the molecule is CN=C(NCCc1c[nH]c2cc(F)ccc12)NCc1ccn(-c2ccc(OC)cc2)n1.I. The number of hydrogen-bond acceptors (Lipinski definition) is 3. The number of aromatic amines is 1. The number of aromatic nitrogens is 3. The second-order valence-corrected chi connectivity index (χ2v) is 7.06. The molecule has 0 saturated carbocycles. The van der Waals surface area contributed by atoms with Crippen molar-refractivity contribution in [1.82, 2.24) is 25.4 Å². The number of rotatable bonds is 7. The van der Waals surface area contributed by atoms with Gasteiger partial charge in [-0.05, 0) is 60.5 Å². The number of H-pyrrole nitrogens is 1. The van der Waals surface area contributed by atoms with Crippen LogP contribution in [0.4, 0.5) is 4.39 Å². The van der Waals surface area contributed by atoms with E-state index in [0.29, 0.717) is 19.0 Å². The minimum Gasteiger partial charge on any atom is -0.497 e. The fraction of sp³-hybridized carbons (Fsp3) is 0.217. The van der Waals surface area contributed by atoms with Gasteiger partial charge >= 0.3 is 0 Å². The molecule has 0 aliphatic carbocycles. The summed E-state index contributed by atoms with van der Waals surface area (Å²) in [5.41, 5.74) is 3.81. The molecule has 0 bridgehead atoms. The number of halogens is 2. The zero-order valence-corrected chi connectivity index (χ0v) is 20.3. The maximum atomic E-state index is 13.3. The standard InChI is InChI=1S/C23H25FN6O.HI/c1-25-23(26-11-9-16-14-27-22-13-17(24)3-8-21(16)22)28-15-18-10-12-30(29-18)19-4-6-20(31-2)7-5-19;/h3-8,10,12-14,27H,9,11,15H2,1-2H3,(H2,25,26,28);1H. The first kappa shape index (κ1) is 23.6. The summed E-state index contributed by atoms with van der Waals surface area (Å²) in [7, 11) is 3.38. The molecule has 2 aromatic carbocycles. The first-order valence-corrected chi connectivity index (χ1v) is 10.1. The number of nitrogens with zero attached hydrogens (tertiary/aromatic N) is 3. The van der Waals surface area contributed by atoms with E-state index >= 15 is 0 Å². The van der Waals surface area contributed by atoms with Gasteiger partial charge in [0, 0.05) is 36.9 Å². The Balaban J connectivity index is 0.00000289. The van der Waals surface area contributed by atoms with Gasteiger partial charge < -0.3 is 20.4 Å². The minimum atomic E-state index is -0.238. The van der Waals surface area contributed by atoms with Crippen LogP contribution in [0.1, 0.15) is 11.3 Å². The van der Waals surface area contributed by atoms with Crippen LogP contribution >= 0.6 is 24.0 Å². The Bertz CT molecular complexity index is 1180. The van der Waals surface area contributed by atoms with Gasteiger partial charge in [0.15, 0.2) is 5.96 Å². The van der Waals surface area contributed by atoms with Gasteiger partial charge in [0.2, 0.25) is 0 Å². The van der Waals surface area contributed by atoms with Crippen molar-refractivity contribution in [2.45, 2.75) is 13.0 Å². The molecule has 0 amide bonds. The lowest BCUT2D eigenvalue weighted by Gasteiger charge is -2.10. The lowest BCUT2D eigenvalue weighted by atomic mass is 10.1. The highest BCUT2D eigenvalue weighted by molar-refractivity contribution is 14.0. The molecule has 2 aromatic heterocycles. The summed E-state index contributed by atoms with van der Waals surface area (Å²) < 4.78 is 20.4. The van der Waals surface area contributed by atoms with E-state index in [4.69, 9.17) is 4.74 Å². The Morgan fingerprint density at radius 1 is 1.16 bits per heavy atom. The summed E-state index contributed by atoms with van der Waals surface area (Å²) >= 11 is 0. The second-order valence-electron chi connectivity index (χ2n) is 7.06. The van der Waals surface area contributed by atoms with Crippen LogP contribution < -0.4 is 15.4 Å². The van der Waals surface area contributed by atoms with Crippen LogP contribution in [0.5, 0.6) is 5.75 Å². The molecule has 0 saturated heterocycles. The molecule has 0 spiro atoms. The van der Waals surface area contributed by atoms with Crippen molar-refractivity contribution >= 4 is 40.8 Å². The Hall–Kier alpha value is -3.08. The van der Waals surface area contributed by atoms with E-state index in [1.807, 2.05) is 53.5 Å². The molecule has 0 fully saturated rings. The number of methoxy groups -OCH3 is 1. The third-order valence-electron chi connectivity index (χ3n) is 5.06. The minimum absolute atomic E-state index is 0. The van der Waals surface area contributed by atoms with Crippen molar-refractivity contribution in [2.75, 3.05) is 20.7 Å². The summed E-state index contributed by atoms with van der Waals surface area (Å²) in [5, 5.41) is 12.2. The topological polar surface area (TPSA) is 79.3 Å². The predicted molar refractivity (Wildman–Crippen MR) is 136 cm³/mol. The van der Waals surface area contributed by atoms with Crippen molar-refractivity contribution in [2.24, 2.45) is 4.99 Å². The van der Waals surface area contributed by atoms with Gasteiger partial charge in [0.1, 0.15) is 11.6 Å². The molecule has 3 N–H and O–H groups in total. The lowest BCUT2D eigenvalue weighted by molar-refractivity contribution is 0.414. The quantitative estimate of drug-likeness (QED) is 0.185. The highest BCUT2D eigenvalue weighted by atomic mass is 127. The summed E-state index contributed by atoms with van der Waals surface area (Å²) in [4.78, 5) is 7.39. The van der Waals surface area contributed by atoms with Crippen LogP contribution in [0.2, 0.25) is 0 Å². The molecule has 7 nitrogen and oxygen atoms in total. The maximum Gasteiger partial charge on any atom is 0.191 e. The number of fused-ring (bicyclic) bond motifs is 1. The van der Waals surface area contributed by atoms with Crippen LogP contribution in [0, 0.1) is 5.82 Å². The van der Waals surface area contributed by atoms with Crippen LogP contribution in [-0.2, 0) is 13.0 Å². The summed E-state index contributed by atoms with van der Waals surface area (Å²) in [5.74, 6) is 1.27. The molecule has 0 atom stereocenters. The maximum absolute atomic E-state index is 13.3. The van der Waals surface area contributed by atoms with Crippen molar-refractivity contribution in [3.05, 3.63) is 78.0 Å². The molecule has 0 unspecified atom stereocenters. The van der Waals surface area contributed by atoms with Crippen LogP contribution in [0.15, 0.2) is 65.9 Å². The van der Waals surface area contributed by atoms with E-state index in [-0.39, 0.29) is 29.8 Å². The molecule has 168 valence electrons. The van der Waals surface area contributed by atoms with E-state index in [0.717, 1.165) is 40.0 Å². The fourth-order valence-corrected chi connectivity index (χ4v) is 3.41. The summed E-state index contributed by atoms with van der Waals surface area (Å²) in [6, 6.07) is 14.5. The fourth-order valence-electron chi connectivity index (χ4n) is 3.41. The lowest BCUT2D eigenvalue weighted by Crippen LogP contribution is -2.37. The Kier molecular flexibility index (Phi) is 8.09. The molecule has 9 heteroatoms. The number of guanidine groups is 1. The third-order valence-corrected chi connectivity index (χ3v) is 5.06. The number of hydrogen-bond donors (Lipinski definition) is 3. The molecule has 4 aromatic rings. The molecule has 0 radical (unpaired) electrons. The third kappa shape index (κ3) is 5.58. The van der Waals surface area contributed by atoms with Gasteiger partial charge in [-0.1, -0.05) is 0 Å². The average molecular weight is 548 g/mol. The zero-order chi connectivity index (χ0) is 21.6. The number of aliphatic imine (C=N–C) groups is 1. The van der Waals surface area contributed by atoms with Crippen molar-refractivity contribution in [3.63, 3.8) is 0 Å². The van der Waals surface area contributed by atoms with Gasteiger partial charge in [0.25, 0.3) is 0 Å².